The molecular formula is C17H18N6O3S. The summed E-state index contributed by atoms with van der Waals surface area (Å²) in [7, 11) is 5.28. The van der Waals surface area contributed by atoms with Gasteiger partial charge in [-0.25, -0.2) is 9.78 Å². The van der Waals surface area contributed by atoms with Crippen LogP contribution in [-0.2, 0) is 13.6 Å². The van der Waals surface area contributed by atoms with Crippen LogP contribution in [0.25, 0.3) is 22.3 Å². The Morgan fingerprint density at radius 2 is 2.00 bits per heavy atom. The van der Waals surface area contributed by atoms with Crippen LogP contribution in [0, 0.1) is 0 Å². The lowest BCUT2D eigenvalue weighted by atomic mass is 10.3. The minimum atomic E-state index is -0.483. The number of benzene rings is 1. The zero-order valence-electron chi connectivity index (χ0n) is 15.1. The van der Waals surface area contributed by atoms with Gasteiger partial charge in [-0.15, -0.1) is 0 Å². The number of anilines is 1. The maximum Gasteiger partial charge on any atom is 0.329 e. The molecule has 3 heterocycles. The van der Waals surface area contributed by atoms with Gasteiger partial charge in [-0.1, -0.05) is 23.9 Å². The first kappa shape index (κ1) is 17.4. The molecule has 1 N–H and O–H groups in total. The molecule has 3 aromatic heterocycles. The van der Waals surface area contributed by atoms with Crippen molar-refractivity contribution < 1.29 is 4.42 Å². The largest absolute Gasteiger partial charge is 0.431 e. The van der Waals surface area contributed by atoms with Crippen molar-refractivity contribution in [3.8, 4) is 0 Å². The second-order valence-electron chi connectivity index (χ2n) is 6.24. The normalized spacial score (nSPS) is 11.5. The third-order valence-corrected chi connectivity index (χ3v) is 5.01. The highest BCUT2D eigenvalue weighted by molar-refractivity contribution is 7.99. The van der Waals surface area contributed by atoms with Crippen molar-refractivity contribution in [2.45, 2.75) is 11.8 Å². The molecule has 0 amide bonds. The minimum absolute atomic E-state index is 0.360. The van der Waals surface area contributed by atoms with E-state index in [1.807, 2.05) is 47.8 Å². The molecule has 4 aromatic rings. The summed E-state index contributed by atoms with van der Waals surface area (Å²) in [6.07, 6.45) is 0. The Morgan fingerprint density at radius 3 is 2.74 bits per heavy atom. The molecule has 0 bridgehead atoms. The summed E-state index contributed by atoms with van der Waals surface area (Å²) in [6, 6.07) is 7.59. The first-order valence-corrected chi connectivity index (χ1v) is 9.29. The number of hydrogen-bond donors (Lipinski definition) is 1. The number of hydrogen-bond acceptors (Lipinski definition) is 7. The van der Waals surface area contributed by atoms with E-state index in [-0.39, 0.29) is 0 Å². The fourth-order valence-corrected chi connectivity index (χ4v) is 3.67. The maximum absolute atomic E-state index is 12.4. The average molecular weight is 386 g/mol. The Labute approximate surface area is 157 Å². The number of nitrogens with one attached hydrogen (secondary N) is 1. The van der Waals surface area contributed by atoms with Gasteiger partial charge in [0.15, 0.2) is 16.7 Å². The van der Waals surface area contributed by atoms with E-state index in [4.69, 9.17) is 4.42 Å². The summed E-state index contributed by atoms with van der Waals surface area (Å²) < 4.78 is 8.86. The summed E-state index contributed by atoms with van der Waals surface area (Å²) in [5, 5.41) is 0.577. The quantitative estimate of drug-likeness (QED) is 0.518. The molecule has 0 aliphatic rings. The van der Waals surface area contributed by atoms with Crippen LogP contribution in [0.4, 0.5) is 5.95 Å². The predicted molar refractivity (Wildman–Crippen MR) is 105 cm³/mol. The van der Waals surface area contributed by atoms with Crippen LogP contribution >= 0.6 is 11.8 Å². The molecule has 140 valence electrons. The molecule has 1 aromatic carbocycles. The van der Waals surface area contributed by atoms with Crippen molar-refractivity contribution in [2.75, 3.05) is 24.7 Å². The molecule has 10 heteroatoms. The van der Waals surface area contributed by atoms with E-state index in [9.17, 15) is 9.59 Å². The van der Waals surface area contributed by atoms with E-state index in [0.29, 0.717) is 34.6 Å². The highest BCUT2D eigenvalue weighted by atomic mass is 32.2. The highest BCUT2D eigenvalue weighted by Crippen LogP contribution is 2.24. The van der Waals surface area contributed by atoms with E-state index in [1.54, 1.807) is 7.05 Å². The van der Waals surface area contributed by atoms with Gasteiger partial charge in [0.05, 0.1) is 0 Å². The number of aryl methyl sites for hydroxylation is 2. The molecular weight excluding hydrogens is 368 g/mol. The molecule has 0 unspecified atom stereocenters. The van der Waals surface area contributed by atoms with Crippen molar-refractivity contribution >= 4 is 40.0 Å². The standard InChI is InChI=1S/C17H18N6O3S/c1-21(2)15-19-13-12(14(24)20-16(25)22(13)3)23(15)8-9-27-17-18-10-6-4-5-7-11(10)26-17/h4-7H,8-9H2,1-3H3,(H,20,24,25). The number of H-pyrrole nitrogens is 1. The van der Waals surface area contributed by atoms with E-state index < -0.39 is 11.2 Å². The molecule has 0 fully saturated rings. The Bertz CT molecular complexity index is 1220. The number of aromatic nitrogens is 5. The fourth-order valence-electron chi connectivity index (χ4n) is 2.91. The number of thioether (sulfide) groups is 1. The van der Waals surface area contributed by atoms with Crippen molar-refractivity contribution in [1.29, 1.82) is 0 Å². The van der Waals surface area contributed by atoms with Gasteiger partial charge in [-0.2, -0.15) is 4.98 Å². The summed E-state index contributed by atoms with van der Waals surface area (Å²) in [4.78, 5) is 37.3. The first-order chi connectivity index (χ1) is 13.0. The molecule has 0 aliphatic heterocycles. The Kier molecular flexibility index (Phi) is 4.27. The molecule has 0 radical (unpaired) electrons. The van der Waals surface area contributed by atoms with Gasteiger partial charge >= 0.3 is 5.69 Å². The fraction of sp³-hybridized carbons (Fsp3) is 0.294. The maximum atomic E-state index is 12.4. The molecule has 0 aliphatic carbocycles. The molecule has 0 atom stereocenters. The first-order valence-electron chi connectivity index (χ1n) is 8.31. The van der Waals surface area contributed by atoms with E-state index in [1.165, 1.54) is 16.3 Å². The van der Waals surface area contributed by atoms with Crippen LogP contribution < -0.4 is 16.1 Å². The Balaban J connectivity index is 1.66. The van der Waals surface area contributed by atoms with Gasteiger partial charge in [0.25, 0.3) is 10.8 Å². The van der Waals surface area contributed by atoms with Gasteiger partial charge in [-0.05, 0) is 12.1 Å². The predicted octanol–water partition coefficient (Wildman–Crippen LogP) is 1.42. The summed E-state index contributed by atoms with van der Waals surface area (Å²) in [5.74, 6) is 1.23. The molecule has 0 saturated carbocycles. The lowest BCUT2D eigenvalue weighted by molar-refractivity contribution is 0.489. The number of para-hydroxylation sites is 2. The van der Waals surface area contributed by atoms with Crippen LogP contribution in [0.2, 0.25) is 0 Å². The van der Waals surface area contributed by atoms with Crippen LogP contribution in [0.1, 0.15) is 0 Å². The van der Waals surface area contributed by atoms with E-state index in [2.05, 4.69) is 15.0 Å². The molecule has 0 saturated heterocycles. The molecule has 27 heavy (non-hydrogen) atoms. The zero-order valence-corrected chi connectivity index (χ0v) is 15.9. The second-order valence-corrected chi connectivity index (χ2v) is 7.29. The number of rotatable bonds is 5. The number of oxazole rings is 1. The minimum Gasteiger partial charge on any atom is -0.431 e. The lowest BCUT2D eigenvalue weighted by Gasteiger charge is -2.13. The highest BCUT2D eigenvalue weighted by Gasteiger charge is 2.18. The average Bonchev–Trinajstić information content (AvgIpc) is 3.21. The summed E-state index contributed by atoms with van der Waals surface area (Å²) in [6.45, 7) is 0.509. The number of fused-ring (bicyclic) bond motifs is 2. The monoisotopic (exact) mass is 386 g/mol. The smallest absolute Gasteiger partial charge is 0.329 e. The van der Waals surface area contributed by atoms with E-state index >= 15 is 0 Å². The lowest BCUT2D eigenvalue weighted by Crippen LogP contribution is -2.29. The Morgan fingerprint density at radius 1 is 1.22 bits per heavy atom. The van der Waals surface area contributed by atoms with Gasteiger partial charge in [0.2, 0.25) is 5.95 Å². The summed E-state index contributed by atoms with van der Waals surface area (Å²) in [5.41, 5.74) is 1.36. The van der Waals surface area contributed by atoms with Crippen molar-refractivity contribution in [3.05, 3.63) is 45.1 Å². The zero-order chi connectivity index (χ0) is 19.1. The number of aromatic amines is 1. The molecule has 4 rings (SSSR count). The Hall–Kier alpha value is -3.01. The van der Waals surface area contributed by atoms with Crippen molar-refractivity contribution in [3.63, 3.8) is 0 Å². The van der Waals surface area contributed by atoms with Crippen molar-refractivity contribution in [1.82, 2.24) is 24.1 Å². The van der Waals surface area contributed by atoms with Gasteiger partial charge in [0, 0.05) is 33.4 Å². The SMILES string of the molecule is CN(C)c1nc2c(c(=O)[nH]c(=O)n2C)n1CCSc1nc2ccccc2o1. The van der Waals surface area contributed by atoms with Gasteiger partial charge in [0.1, 0.15) is 5.52 Å². The second kappa shape index (κ2) is 6.62. The molecule has 9 nitrogen and oxygen atoms in total. The van der Waals surface area contributed by atoms with Crippen LogP contribution in [0.3, 0.4) is 0 Å². The third-order valence-electron chi connectivity index (χ3n) is 4.20. The van der Waals surface area contributed by atoms with E-state index in [0.717, 1.165) is 11.1 Å². The van der Waals surface area contributed by atoms with Gasteiger partial charge < -0.3 is 13.9 Å². The number of imidazole rings is 1. The van der Waals surface area contributed by atoms with Crippen molar-refractivity contribution in [2.24, 2.45) is 7.05 Å². The van der Waals surface area contributed by atoms with Gasteiger partial charge in [-0.3, -0.25) is 14.3 Å². The number of nitrogens with zero attached hydrogens (tertiary/aromatic N) is 5. The van der Waals surface area contributed by atoms with Crippen LogP contribution in [0.15, 0.2) is 43.5 Å². The van der Waals surface area contributed by atoms with Crippen LogP contribution in [0.5, 0.6) is 0 Å². The third kappa shape index (κ3) is 3.01. The molecule has 0 spiro atoms. The summed E-state index contributed by atoms with van der Waals surface area (Å²) >= 11 is 1.46. The van der Waals surface area contributed by atoms with Crippen LogP contribution in [-0.4, -0.2) is 43.9 Å². The topological polar surface area (TPSA) is 102 Å².